The van der Waals surface area contributed by atoms with Crippen LogP contribution >= 0.6 is 0 Å². The Kier molecular flexibility index (Phi) is 4.16. The molecule has 122 valence electrons. The number of hydrogen-bond donors (Lipinski definition) is 1. The molecule has 0 spiro atoms. The minimum absolute atomic E-state index is 0.219. The number of fused-ring (bicyclic) bond motifs is 1. The first-order chi connectivity index (χ1) is 11.8. The third kappa shape index (κ3) is 3.12. The fourth-order valence-electron chi connectivity index (χ4n) is 3.54. The third-order valence-corrected chi connectivity index (χ3v) is 4.81. The molecule has 1 aromatic heterocycles. The first kappa shape index (κ1) is 15.1. The monoisotopic (exact) mass is 320 g/mol. The number of anilines is 1. The standard InChI is InChI=1S/C21H21FN2/c22-16-11-12-19-18(13-16)21(23-17-9-5-2-6-10-17)14-20(24-19)15-7-3-1-4-8-15/h1,3-4,7-8,11-14,17H,2,5-6,9-10H2,(H,23,24). The third-order valence-electron chi connectivity index (χ3n) is 4.81. The number of pyridine rings is 1. The molecule has 1 fully saturated rings. The smallest absolute Gasteiger partial charge is 0.124 e. The molecule has 1 N–H and O–H groups in total. The average molecular weight is 320 g/mol. The highest BCUT2D eigenvalue weighted by molar-refractivity contribution is 5.94. The van der Waals surface area contributed by atoms with Crippen LogP contribution < -0.4 is 5.32 Å². The fraction of sp³-hybridized carbons (Fsp3) is 0.286. The van der Waals surface area contributed by atoms with Crippen molar-refractivity contribution in [3.8, 4) is 11.3 Å². The van der Waals surface area contributed by atoms with Gasteiger partial charge in [-0.2, -0.15) is 0 Å². The fourth-order valence-corrected chi connectivity index (χ4v) is 3.54. The molecule has 0 amide bonds. The van der Waals surface area contributed by atoms with E-state index in [9.17, 15) is 4.39 Å². The van der Waals surface area contributed by atoms with E-state index in [2.05, 4.69) is 23.5 Å². The number of nitrogens with one attached hydrogen (secondary N) is 1. The maximum Gasteiger partial charge on any atom is 0.124 e. The summed E-state index contributed by atoms with van der Waals surface area (Å²) in [5.74, 6) is -0.219. The SMILES string of the molecule is Fc1ccc2nc(-c3ccccc3)cc(NC3CCCCC3)c2c1. The molecule has 3 aromatic rings. The van der Waals surface area contributed by atoms with Gasteiger partial charge >= 0.3 is 0 Å². The zero-order valence-electron chi connectivity index (χ0n) is 13.6. The van der Waals surface area contributed by atoms with Gasteiger partial charge in [0, 0.05) is 22.7 Å². The summed E-state index contributed by atoms with van der Waals surface area (Å²) in [4.78, 5) is 4.73. The number of benzene rings is 2. The van der Waals surface area contributed by atoms with Crippen molar-refractivity contribution >= 4 is 16.6 Å². The minimum atomic E-state index is -0.219. The molecule has 0 aliphatic heterocycles. The van der Waals surface area contributed by atoms with Crippen molar-refractivity contribution in [1.82, 2.24) is 4.98 Å². The van der Waals surface area contributed by atoms with Crippen LogP contribution in [0.2, 0.25) is 0 Å². The van der Waals surface area contributed by atoms with Crippen LogP contribution in [-0.2, 0) is 0 Å². The Labute approximate surface area is 141 Å². The van der Waals surface area contributed by atoms with E-state index in [1.54, 1.807) is 12.1 Å². The maximum atomic E-state index is 13.8. The van der Waals surface area contributed by atoms with Gasteiger partial charge in [-0.15, -0.1) is 0 Å². The summed E-state index contributed by atoms with van der Waals surface area (Å²) in [7, 11) is 0. The average Bonchev–Trinajstić information content (AvgIpc) is 2.63. The quantitative estimate of drug-likeness (QED) is 0.661. The van der Waals surface area contributed by atoms with Crippen molar-refractivity contribution < 1.29 is 4.39 Å². The van der Waals surface area contributed by atoms with E-state index >= 15 is 0 Å². The van der Waals surface area contributed by atoms with Gasteiger partial charge in [0.1, 0.15) is 5.82 Å². The minimum Gasteiger partial charge on any atom is -0.382 e. The normalized spacial score (nSPS) is 15.5. The number of halogens is 1. The summed E-state index contributed by atoms with van der Waals surface area (Å²) >= 11 is 0. The molecule has 3 heteroatoms. The second-order valence-corrected chi connectivity index (χ2v) is 6.56. The number of nitrogens with zero attached hydrogens (tertiary/aromatic N) is 1. The zero-order chi connectivity index (χ0) is 16.4. The first-order valence-electron chi connectivity index (χ1n) is 8.72. The van der Waals surface area contributed by atoms with Crippen LogP contribution in [0.1, 0.15) is 32.1 Å². The summed E-state index contributed by atoms with van der Waals surface area (Å²) in [5.41, 5.74) is 3.82. The van der Waals surface area contributed by atoms with Gasteiger partial charge in [0.05, 0.1) is 11.2 Å². The van der Waals surface area contributed by atoms with Crippen LogP contribution in [-0.4, -0.2) is 11.0 Å². The van der Waals surface area contributed by atoms with E-state index in [0.717, 1.165) is 27.8 Å². The van der Waals surface area contributed by atoms with Gasteiger partial charge in [-0.1, -0.05) is 49.6 Å². The molecule has 2 nitrogen and oxygen atoms in total. The largest absolute Gasteiger partial charge is 0.382 e. The van der Waals surface area contributed by atoms with Gasteiger partial charge in [0.15, 0.2) is 0 Å². The van der Waals surface area contributed by atoms with E-state index in [4.69, 9.17) is 4.98 Å². The van der Waals surface area contributed by atoms with Crippen LogP contribution in [0.25, 0.3) is 22.2 Å². The number of hydrogen-bond acceptors (Lipinski definition) is 2. The highest BCUT2D eigenvalue weighted by atomic mass is 19.1. The van der Waals surface area contributed by atoms with E-state index in [1.165, 1.54) is 38.2 Å². The molecular weight excluding hydrogens is 299 g/mol. The molecule has 2 aromatic carbocycles. The maximum absolute atomic E-state index is 13.8. The van der Waals surface area contributed by atoms with Gasteiger partial charge in [0.25, 0.3) is 0 Å². The van der Waals surface area contributed by atoms with Crippen molar-refractivity contribution in [2.75, 3.05) is 5.32 Å². The lowest BCUT2D eigenvalue weighted by Crippen LogP contribution is -2.22. The Hall–Kier alpha value is -2.42. The van der Waals surface area contributed by atoms with Crippen molar-refractivity contribution in [3.05, 3.63) is 60.4 Å². The lowest BCUT2D eigenvalue weighted by Gasteiger charge is -2.25. The molecule has 0 radical (unpaired) electrons. The number of rotatable bonds is 3. The molecule has 1 aliphatic rings. The predicted molar refractivity (Wildman–Crippen MR) is 97.6 cm³/mol. The second-order valence-electron chi connectivity index (χ2n) is 6.56. The topological polar surface area (TPSA) is 24.9 Å². The van der Waals surface area contributed by atoms with Crippen LogP contribution in [0, 0.1) is 5.82 Å². The summed E-state index contributed by atoms with van der Waals surface area (Å²) in [6, 6.07) is 17.5. The van der Waals surface area contributed by atoms with Gasteiger partial charge in [-0.3, -0.25) is 0 Å². The van der Waals surface area contributed by atoms with Crippen molar-refractivity contribution in [3.63, 3.8) is 0 Å². The zero-order valence-corrected chi connectivity index (χ0v) is 13.6. The number of aromatic nitrogens is 1. The molecule has 1 saturated carbocycles. The molecule has 24 heavy (non-hydrogen) atoms. The lowest BCUT2D eigenvalue weighted by molar-refractivity contribution is 0.463. The van der Waals surface area contributed by atoms with E-state index < -0.39 is 0 Å². The Bertz CT molecular complexity index is 839. The van der Waals surface area contributed by atoms with Crippen LogP contribution in [0.5, 0.6) is 0 Å². The molecule has 0 saturated heterocycles. The van der Waals surface area contributed by atoms with Crippen LogP contribution in [0.15, 0.2) is 54.6 Å². The first-order valence-corrected chi connectivity index (χ1v) is 8.72. The van der Waals surface area contributed by atoms with E-state index in [1.807, 2.05) is 18.2 Å². The summed E-state index contributed by atoms with van der Waals surface area (Å²) in [6.45, 7) is 0. The van der Waals surface area contributed by atoms with Crippen LogP contribution in [0.4, 0.5) is 10.1 Å². The van der Waals surface area contributed by atoms with Gasteiger partial charge < -0.3 is 5.32 Å². The molecule has 0 bridgehead atoms. The molecule has 1 heterocycles. The summed E-state index contributed by atoms with van der Waals surface area (Å²) in [6.07, 6.45) is 6.21. The second kappa shape index (κ2) is 6.60. The summed E-state index contributed by atoms with van der Waals surface area (Å²) in [5, 5.41) is 4.52. The van der Waals surface area contributed by atoms with E-state index in [-0.39, 0.29) is 5.82 Å². The summed E-state index contributed by atoms with van der Waals surface area (Å²) < 4.78 is 13.8. The molecule has 4 rings (SSSR count). The van der Waals surface area contributed by atoms with Crippen LogP contribution in [0.3, 0.4) is 0 Å². The predicted octanol–water partition coefficient (Wildman–Crippen LogP) is 5.79. The van der Waals surface area contributed by atoms with Crippen molar-refractivity contribution in [2.45, 2.75) is 38.1 Å². The Morgan fingerprint density at radius 3 is 2.50 bits per heavy atom. The van der Waals surface area contributed by atoms with Gasteiger partial charge in [-0.05, 0) is 37.1 Å². The Balaban J connectivity index is 1.80. The van der Waals surface area contributed by atoms with Gasteiger partial charge in [0.2, 0.25) is 0 Å². The molecule has 1 aliphatic carbocycles. The lowest BCUT2D eigenvalue weighted by atomic mass is 9.95. The molecule has 0 unspecified atom stereocenters. The van der Waals surface area contributed by atoms with E-state index in [0.29, 0.717) is 6.04 Å². The van der Waals surface area contributed by atoms with Gasteiger partial charge in [-0.25, -0.2) is 9.37 Å². The highest BCUT2D eigenvalue weighted by Crippen LogP contribution is 2.31. The van der Waals surface area contributed by atoms with Crippen molar-refractivity contribution in [2.24, 2.45) is 0 Å². The Morgan fingerprint density at radius 1 is 0.917 bits per heavy atom. The molecular formula is C21H21FN2. The highest BCUT2D eigenvalue weighted by Gasteiger charge is 2.16. The van der Waals surface area contributed by atoms with Crippen molar-refractivity contribution in [1.29, 1.82) is 0 Å². The molecule has 0 atom stereocenters. The Morgan fingerprint density at radius 2 is 1.71 bits per heavy atom.